The Labute approximate surface area is 109 Å². The molecule has 0 aliphatic carbocycles. The maximum Gasteiger partial charge on any atom is 0.326 e. The summed E-state index contributed by atoms with van der Waals surface area (Å²) in [6, 6.07) is -1.02. The van der Waals surface area contributed by atoms with E-state index in [-0.39, 0.29) is 11.9 Å². The first-order chi connectivity index (χ1) is 8.43. The minimum Gasteiger partial charge on any atom is -0.480 e. The molecule has 5 heteroatoms. The molecule has 2 atom stereocenters. The van der Waals surface area contributed by atoms with E-state index in [1.807, 2.05) is 13.8 Å². The first kappa shape index (κ1) is 14.8. The maximum absolute atomic E-state index is 12.0. The number of carbonyl (C=O) groups is 2. The van der Waals surface area contributed by atoms with E-state index in [9.17, 15) is 9.59 Å². The van der Waals surface area contributed by atoms with E-state index in [2.05, 4.69) is 12.2 Å². The lowest BCUT2D eigenvalue weighted by Crippen LogP contribution is -2.47. The number of carboxylic acid groups (broad SMARTS) is 1. The van der Waals surface area contributed by atoms with Crippen molar-refractivity contribution in [2.45, 2.75) is 46.1 Å². The van der Waals surface area contributed by atoms with Crippen LogP contribution in [0.2, 0.25) is 0 Å². The SMILES string of the molecule is CCC1CCN(C(=O)NC(CC(C)C)C(=O)O)C1. The van der Waals surface area contributed by atoms with Crippen LogP contribution in [0.3, 0.4) is 0 Å². The Balaban J connectivity index is 2.49. The van der Waals surface area contributed by atoms with Crippen molar-refractivity contribution in [3.63, 3.8) is 0 Å². The Kier molecular flexibility index (Phi) is 5.44. The van der Waals surface area contributed by atoms with E-state index < -0.39 is 12.0 Å². The van der Waals surface area contributed by atoms with Crippen molar-refractivity contribution < 1.29 is 14.7 Å². The predicted molar refractivity (Wildman–Crippen MR) is 69.4 cm³/mol. The van der Waals surface area contributed by atoms with Gasteiger partial charge in [0.15, 0.2) is 0 Å². The average molecular weight is 256 g/mol. The summed E-state index contributed by atoms with van der Waals surface area (Å²) < 4.78 is 0. The van der Waals surface area contributed by atoms with Gasteiger partial charge < -0.3 is 15.3 Å². The van der Waals surface area contributed by atoms with Crippen LogP contribution in [0, 0.1) is 11.8 Å². The number of rotatable bonds is 5. The van der Waals surface area contributed by atoms with Crippen molar-refractivity contribution >= 4 is 12.0 Å². The molecule has 0 spiro atoms. The largest absolute Gasteiger partial charge is 0.480 e. The van der Waals surface area contributed by atoms with Crippen LogP contribution in [0.5, 0.6) is 0 Å². The number of hydrogen-bond acceptors (Lipinski definition) is 2. The van der Waals surface area contributed by atoms with Gasteiger partial charge in [-0.25, -0.2) is 9.59 Å². The third kappa shape index (κ3) is 4.20. The second-order valence-electron chi connectivity index (χ2n) is 5.48. The number of aliphatic carboxylic acids is 1. The summed E-state index contributed by atoms with van der Waals surface area (Å²) in [5.41, 5.74) is 0. The lowest BCUT2D eigenvalue weighted by molar-refractivity contribution is -0.139. The summed E-state index contributed by atoms with van der Waals surface area (Å²) in [4.78, 5) is 24.8. The Morgan fingerprint density at radius 3 is 2.56 bits per heavy atom. The molecule has 2 N–H and O–H groups in total. The molecule has 0 saturated carbocycles. The maximum atomic E-state index is 12.0. The van der Waals surface area contributed by atoms with E-state index in [1.165, 1.54) is 0 Å². The van der Waals surface area contributed by atoms with E-state index in [1.54, 1.807) is 4.90 Å². The van der Waals surface area contributed by atoms with Crippen molar-refractivity contribution in [1.82, 2.24) is 10.2 Å². The molecule has 0 aromatic carbocycles. The second-order valence-corrected chi connectivity index (χ2v) is 5.48. The van der Waals surface area contributed by atoms with Crippen LogP contribution in [0.4, 0.5) is 4.79 Å². The summed E-state index contributed by atoms with van der Waals surface area (Å²) in [7, 11) is 0. The predicted octanol–water partition coefficient (Wildman–Crippen LogP) is 1.93. The van der Waals surface area contributed by atoms with Crippen molar-refractivity contribution in [2.24, 2.45) is 11.8 Å². The number of nitrogens with zero attached hydrogens (tertiary/aromatic N) is 1. The zero-order valence-electron chi connectivity index (χ0n) is 11.5. The minimum absolute atomic E-state index is 0.237. The van der Waals surface area contributed by atoms with Crippen molar-refractivity contribution in [3.8, 4) is 0 Å². The van der Waals surface area contributed by atoms with Crippen LogP contribution in [0.25, 0.3) is 0 Å². The van der Waals surface area contributed by atoms with Crippen molar-refractivity contribution in [1.29, 1.82) is 0 Å². The molecule has 104 valence electrons. The van der Waals surface area contributed by atoms with E-state index in [4.69, 9.17) is 5.11 Å². The first-order valence-corrected chi connectivity index (χ1v) is 6.72. The van der Waals surface area contributed by atoms with Gasteiger partial charge in [-0.05, 0) is 24.7 Å². The zero-order chi connectivity index (χ0) is 13.7. The molecule has 1 saturated heterocycles. The third-order valence-corrected chi connectivity index (χ3v) is 3.45. The monoisotopic (exact) mass is 256 g/mol. The molecule has 0 aromatic rings. The fourth-order valence-electron chi connectivity index (χ4n) is 2.28. The minimum atomic E-state index is -0.955. The highest BCUT2D eigenvalue weighted by Crippen LogP contribution is 2.19. The molecule has 1 aliphatic heterocycles. The van der Waals surface area contributed by atoms with Crippen molar-refractivity contribution in [3.05, 3.63) is 0 Å². The quantitative estimate of drug-likeness (QED) is 0.789. The molecule has 5 nitrogen and oxygen atoms in total. The lowest BCUT2D eigenvalue weighted by atomic mass is 10.0. The zero-order valence-corrected chi connectivity index (χ0v) is 11.5. The number of carbonyl (C=O) groups excluding carboxylic acids is 1. The highest BCUT2D eigenvalue weighted by Gasteiger charge is 2.28. The van der Waals surface area contributed by atoms with Gasteiger partial charge in [0.1, 0.15) is 6.04 Å². The number of carboxylic acids is 1. The Hall–Kier alpha value is -1.26. The van der Waals surface area contributed by atoms with Gasteiger partial charge in [-0.3, -0.25) is 0 Å². The Morgan fingerprint density at radius 1 is 1.44 bits per heavy atom. The highest BCUT2D eigenvalue weighted by atomic mass is 16.4. The molecular formula is C13H24N2O3. The molecule has 1 fully saturated rings. The van der Waals surface area contributed by atoms with Crippen LogP contribution >= 0.6 is 0 Å². The van der Waals surface area contributed by atoms with E-state index in [0.29, 0.717) is 12.3 Å². The Morgan fingerprint density at radius 2 is 2.11 bits per heavy atom. The van der Waals surface area contributed by atoms with Gasteiger partial charge in [0, 0.05) is 13.1 Å². The third-order valence-electron chi connectivity index (χ3n) is 3.45. The van der Waals surface area contributed by atoms with Gasteiger partial charge in [-0.15, -0.1) is 0 Å². The number of likely N-dealkylation sites (tertiary alicyclic amines) is 1. The molecule has 0 bridgehead atoms. The van der Waals surface area contributed by atoms with Crippen LogP contribution in [0.1, 0.15) is 40.0 Å². The fourth-order valence-corrected chi connectivity index (χ4v) is 2.28. The van der Waals surface area contributed by atoms with Crippen LogP contribution in [-0.2, 0) is 4.79 Å². The number of nitrogens with one attached hydrogen (secondary N) is 1. The second kappa shape index (κ2) is 6.61. The van der Waals surface area contributed by atoms with Gasteiger partial charge in [-0.1, -0.05) is 27.2 Å². The van der Waals surface area contributed by atoms with Gasteiger partial charge in [0.05, 0.1) is 0 Å². The van der Waals surface area contributed by atoms with Crippen LogP contribution in [0.15, 0.2) is 0 Å². The highest BCUT2D eigenvalue weighted by molar-refractivity contribution is 5.82. The van der Waals surface area contributed by atoms with E-state index >= 15 is 0 Å². The molecule has 18 heavy (non-hydrogen) atoms. The number of urea groups is 1. The topological polar surface area (TPSA) is 69.6 Å². The normalized spacial score (nSPS) is 21.1. The van der Waals surface area contributed by atoms with E-state index in [0.717, 1.165) is 25.9 Å². The molecular weight excluding hydrogens is 232 g/mol. The molecule has 0 radical (unpaired) electrons. The summed E-state index contributed by atoms with van der Waals surface area (Å²) >= 11 is 0. The van der Waals surface area contributed by atoms with Gasteiger partial charge in [0.2, 0.25) is 0 Å². The lowest BCUT2D eigenvalue weighted by Gasteiger charge is -2.22. The molecule has 1 aliphatic rings. The van der Waals surface area contributed by atoms with Gasteiger partial charge >= 0.3 is 12.0 Å². The van der Waals surface area contributed by atoms with Gasteiger partial charge in [-0.2, -0.15) is 0 Å². The number of hydrogen-bond donors (Lipinski definition) is 2. The summed E-state index contributed by atoms with van der Waals surface area (Å²) in [5, 5.41) is 11.7. The summed E-state index contributed by atoms with van der Waals surface area (Å²) in [5.74, 6) is -0.152. The molecule has 2 unspecified atom stereocenters. The van der Waals surface area contributed by atoms with Crippen molar-refractivity contribution in [2.75, 3.05) is 13.1 Å². The van der Waals surface area contributed by atoms with Crippen LogP contribution in [-0.4, -0.2) is 41.1 Å². The number of amides is 2. The molecule has 0 aromatic heterocycles. The van der Waals surface area contributed by atoms with Gasteiger partial charge in [0.25, 0.3) is 0 Å². The molecule has 2 amide bonds. The summed E-state index contributed by atoms with van der Waals surface area (Å²) in [6.45, 7) is 7.50. The van der Waals surface area contributed by atoms with Crippen LogP contribution < -0.4 is 5.32 Å². The standard InChI is InChI=1S/C13H24N2O3/c1-4-10-5-6-15(8-10)13(18)14-11(12(16)17)7-9(2)3/h9-11H,4-8H2,1-3H3,(H,14,18)(H,16,17). The average Bonchev–Trinajstić information content (AvgIpc) is 2.75. The fraction of sp³-hybridized carbons (Fsp3) is 0.846. The Bertz CT molecular complexity index is 305. The smallest absolute Gasteiger partial charge is 0.326 e. The molecule has 1 heterocycles. The molecule has 1 rings (SSSR count). The first-order valence-electron chi connectivity index (χ1n) is 6.72. The summed E-state index contributed by atoms with van der Waals surface area (Å²) in [6.07, 6.45) is 2.55.